The Kier molecular flexibility index (Phi) is 11.9. The molecule has 5 rings (SSSR count). The van der Waals surface area contributed by atoms with E-state index in [1.807, 2.05) is 0 Å². The van der Waals surface area contributed by atoms with E-state index in [9.17, 15) is 23.1 Å². The molecule has 12 nitrogen and oxygen atoms in total. The number of nitrogens with zero attached hydrogens (tertiary/aromatic N) is 3. The van der Waals surface area contributed by atoms with Gasteiger partial charge in [-0.05, 0) is 35.7 Å². The maximum Gasteiger partial charge on any atom is 0.407 e. The lowest BCUT2D eigenvalue weighted by Crippen LogP contribution is -2.52. The number of H-pyrrole nitrogens is 1. The number of rotatable bonds is 16. The Morgan fingerprint density at radius 2 is 1.74 bits per heavy atom. The van der Waals surface area contributed by atoms with Crippen LogP contribution in [0.4, 0.5) is 13.6 Å². The van der Waals surface area contributed by atoms with Crippen molar-refractivity contribution in [3.8, 4) is 0 Å². The largest absolute Gasteiger partial charge is 0.453 e. The van der Waals surface area contributed by atoms with Gasteiger partial charge in [-0.15, -0.1) is 11.3 Å². The number of aliphatic hydroxyl groups is 1. The molecule has 0 radical (unpaired) electrons. The molecule has 16 heteroatoms. The van der Waals surface area contributed by atoms with Crippen molar-refractivity contribution in [2.24, 2.45) is 0 Å². The molecule has 2 heterocycles. The van der Waals surface area contributed by atoms with Crippen LogP contribution in [0.3, 0.4) is 0 Å². The van der Waals surface area contributed by atoms with Crippen LogP contribution in [0, 0.1) is 0 Å². The summed E-state index contributed by atoms with van der Waals surface area (Å²) in [7, 11) is -3.17. The maximum atomic E-state index is 15.5. The average Bonchev–Trinajstić information content (AvgIpc) is 3.83. The van der Waals surface area contributed by atoms with Crippen molar-refractivity contribution in [2.45, 2.75) is 48.2 Å². The molecule has 264 valence electrons. The number of sulfonamides is 1. The number of benzene rings is 3. The number of fused-ring (bicyclic) bond motifs is 1. The number of alkyl carbamates (subject to hydrolysis) is 1. The molecule has 4 N–H and O–H groups in total. The Bertz CT molecular complexity index is 1920. The third kappa shape index (κ3) is 8.87. The fraction of sp³-hybridized carbons (Fsp3) is 0.294. The number of aliphatic hydroxyl groups excluding tert-OH is 1. The molecule has 0 saturated carbocycles. The van der Waals surface area contributed by atoms with Gasteiger partial charge in [-0.1, -0.05) is 60.7 Å². The van der Waals surface area contributed by atoms with Crippen molar-refractivity contribution in [3.05, 3.63) is 113 Å². The van der Waals surface area contributed by atoms with Crippen LogP contribution in [0.15, 0.2) is 102 Å². The first-order valence-corrected chi connectivity index (χ1v) is 17.9. The lowest BCUT2D eigenvalue weighted by Gasteiger charge is -2.31. The van der Waals surface area contributed by atoms with Gasteiger partial charge in [0.1, 0.15) is 6.04 Å². The van der Waals surface area contributed by atoms with Gasteiger partial charge in [0, 0.05) is 36.7 Å². The number of aromatic nitrogens is 3. The number of nitrogens with one attached hydrogen (secondary N) is 3. The Labute approximate surface area is 291 Å². The quantitative estimate of drug-likeness (QED) is 0.114. The molecule has 0 aliphatic heterocycles. The SMILES string of the molecule is COC(=O)N[C@H](C(=O)NCC(F)(F)CC[C@@H](CO)N(Cc1cn[nH]c1)S(=O)(=O)c1ccc2ncsc2c1)C(c1ccccc1)c1ccccc1. The van der Waals surface area contributed by atoms with E-state index >= 15 is 8.78 Å². The van der Waals surface area contributed by atoms with E-state index in [0.29, 0.717) is 26.9 Å². The van der Waals surface area contributed by atoms with Crippen molar-refractivity contribution in [1.82, 2.24) is 30.1 Å². The summed E-state index contributed by atoms with van der Waals surface area (Å²) in [5, 5.41) is 21.6. The van der Waals surface area contributed by atoms with Gasteiger partial charge in [0.25, 0.3) is 5.92 Å². The molecule has 3 aromatic carbocycles. The molecule has 0 aliphatic rings. The first-order chi connectivity index (χ1) is 24.0. The summed E-state index contributed by atoms with van der Waals surface area (Å²) < 4.78 is 65.3. The minimum atomic E-state index is -4.29. The molecule has 0 unspecified atom stereocenters. The van der Waals surface area contributed by atoms with Crippen LogP contribution in [0.25, 0.3) is 10.2 Å². The maximum absolute atomic E-state index is 15.5. The van der Waals surface area contributed by atoms with Crippen molar-refractivity contribution in [1.29, 1.82) is 0 Å². The van der Waals surface area contributed by atoms with Crippen molar-refractivity contribution >= 4 is 43.6 Å². The fourth-order valence-corrected chi connectivity index (χ4v) is 8.04. The number of aromatic amines is 1. The second-order valence-electron chi connectivity index (χ2n) is 11.5. The van der Waals surface area contributed by atoms with Gasteiger partial charge in [0.15, 0.2) is 0 Å². The molecular weight excluding hydrogens is 691 g/mol. The first kappa shape index (κ1) is 36.5. The Morgan fingerprint density at radius 1 is 1.06 bits per heavy atom. The second kappa shape index (κ2) is 16.3. The molecule has 2 amide bonds. The number of hydrogen-bond acceptors (Lipinski definition) is 9. The summed E-state index contributed by atoms with van der Waals surface area (Å²) in [5.41, 5.74) is 3.96. The molecule has 0 fully saturated rings. The topological polar surface area (TPSA) is 167 Å². The summed E-state index contributed by atoms with van der Waals surface area (Å²) in [5.74, 6) is -5.16. The highest BCUT2D eigenvalue weighted by molar-refractivity contribution is 7.89. The molecule has 0 bridgehead atoms. The summed E-state index contributed by atoms with van der Waals surface area (Å²) >= 11 is 1.25. The molecule has 50 heavy (non-hydrogen) atoms. The summed E-state index contributed by atoms with van der Waals surface area (Å²) in [6.07, 6.45) is 0.641. The first-order valence-electron chi connectivity index (χ1n) is 15.6. The van der Waals surface area contributed by atoms with Gasteiger partial charge < -0.3 is 20.5 Å². The van der Waals surface area contributed by atoms with Gasteiger partial charge in [-0.25, -0.2) is 27.0 Å². The van der Waals surface area contributed by atoms with Gasteiger partial charge >= 0.3 is 6.09 Å². The lowest BCUT2D eigenvalue weighted by molar-refractivity contribution is -0.125. The van der Waals surface area contributed by atoms with Crippen LogP contribution in [0.1, 0.15) is 35.4 Å². The average molecular weight is 727 g/mol. The minimum absolute atomic E-state index is 0.0780. The van der Waals surface area contributed by atoms with Crippen molar-refractivity contribution in [2.75, 3.05) is 20.3 Å². The number of ether oxygens (including phenoxy) is 1. The zero-order chi connectivity index (χ0) is 35.7. The number of carbonyl (C=O) groups is 2. The zero-order valence-corrected chi connectivity index (χ0v) is 28.5. The fourth-order valence-electron chi connectivity index (χ4n) is 5.59. The normalized spacial score (nSPS) is 13.3. The third-order valence-electron chi connectivity index (χ3n) is 8.18. The molecule has 5 aromatic rings. The standard InChI is InChI=1S/C34H36F2N6O6S2/c1-48-33(45)41-31(30(24-8-4-2-5-9-24)25-10-6-3-7-11-25)32(44)37-21-34(35,36)15-14-26(20-43)42(19-23-17-39-40-18-23)50(46,47)27-12-13-28-29(16-27)49-22-38-28/h2-13,16-18,22,26,30-31,43H,14-15,19-21H2,1H3,(H,37,44)(H,39,40)(H,41,45)/t26-,31-/m0/s1. The number of hydrogen-bond donors (Lipinski definition) is 4. The van der Waals surface area contributed by atoms with E-state index in [1.54, 1.807) is 72.2 Å². The highest BCUT2D eigenvalue weighted by Gasteiger charge is 2.38. The van der Waals surface area contributed by atoms with Crippen LogP contribution in [-0.4, -0.2) is 83.3 Å². The molecule has 2 atom stereocenters. The van der Waals surface area contributed by atoms with Crippen LogP contribution in [0.2, 0.25) is 0 Å². The number of thiazole rings is 1. The highest BCUT2D eigenvalue weighted by Crippen LogP contribution is 2.31. The predicted molar refractivity (Wildman–Crippen MR) is 183 cm³/mol. The van der Waals surface area contributed by atoms with Crippen molar-refractivity contribution in [3.63, 3.8) is 0 Å². The lowest BCUT2D eigenvalue weighted by atomic mass is 9.84. The van der Waals surface area contributed by atoms with Crippen LogP contribution in [0.5, 0.6) is 0 Å². The van der Waals surface area contributed by atoms with Gasteiger partial charge in [-0.2, -0.15) is 9.40 Å². The van der Waals surface area contributed by atoms with E-state index in [2.05, 4.69) is 25.8 Å². The zero-order valence-electron chi connectivity index (χ0n) is 26.9. The van der Waals surface area contributed by atoms with E-state index in [-0.39, 0.29) is 11.4 Å². The summed E-state index contributed by atoms with van der Waals surface area (Å²) in [6, 6.07) is 19.5. The molecule has 0 aliphatic carbocycles. The van der Waals surface area contributed by atoms with Gasteiger partial charge in [-0.3, -0.25) is 9.89 Å². The number of methoxy groups -OCH3 is 1. The second-order valence-corrected chi connectivity index (χ2v) is 14.3. The number of amides is 2. The van der Waals surface area contributed by atoms with Gasteiger partial charge in [0.05, 0.1) is 47.1 Å². The number of halogens is 2. The Morgan fingerprint density at radius 3 is 2.34 bits per heavy atom. The third-order valence-corrected chi connectivity index (χ3v) is 10.9. The van der Waals surface area contributed by atoms with Crippen LogP contribution < -0.4 is 10.6 Å². The molecule has 0 spiro atoms. The minimum Gasteiger partial charge on any atom is -0.453 e. The molecular formula is C34H36F2N6O6S2. The summed E-state index contributed by atoms with van der Waals surface area (Å²) in [4.78, 5) is 30.1. The highest BCUT2D eigenvalue weighted by atomic mass is 32.2. The summed E-state index contributed by atoms with van der Waals surface area (Å²) in [6.45, 7) is -2.10. The van der Waals surface area contributed by atoms with Crippen LogP contribution in [-0.2, 0) is 26.1 Å². The molecule has 2 aromatic heterocycles. The van der Waals surface area contributed by atoms with E-state index in [1.165, 1.54) is 35.9 Å². The number of alkyl halides is 2. The van der Waals surface area contributed by atoms with Gasteiger partial charge in [0.2, 0.25) is 15.9 Å². The predicted octanol–water partition coefficient (Wildman–Crippen LogP) is 4.66. The monoisotopic (exact) mass is 726 g/mol. The van der Waals surface area contributed by atoms with E-state index in [4.69, 9.17) is 4.74 Å². The van der Waals surface area contributed by atoms with Crippen LogP contribution >= 0.6 is 11.3 Å². The molecule has 0 saturated heterocycles. The smallest absolute Gasteiger partial charge is 0.407 e. The van der Waals surface area contributed by atoms with Crippen molar-refractivity contribution < 1.29 is 36.6 Å². The Hall–Kier alpha value is -4.77. The van der Waals surface area contributed by atoms with E-state index < -0.39 is 71.9 Å². The number of carbonyl (C=O) groups excluding carboxylic acids is 2. The Balaban J connectivity index is 1.33. The van der Waals surface area contributed by atoms with E-state index in [0.717, 1.165) is 11.4 Å².